The standard InChI is InChI=1S/C15H22N4/c1-15(2,3)14-17-13(19(4)18-14)10-11-16-12-8-6-5-7-9-12/h5-9,16H,10-11H2,1-4H3. The molecule has 102 valence electrons. The molecule has 0 unspecified atom stereocenters. The van der Waals surface area contributed by atoms with Crippen LogP contribution in [0.2, 0.25) is 0 Å². The van der Waals surface area contributed by atoms with Gasteiger partial charge in [-0.3, -0.25) is 4.68 Å². The number of hydrogen-bond donors (Lipinski definition) is 1. The van der Waals surface area contributed by atoms with Gasteiger partial charge in [-0.25, -0.2) is 4.98 Å². The molecule has 0 fully saturated rings. The van der Waals surface area contributed by atoms with Gasteiger partial charge in [0.25, 0.3) is 0 Å². The molecule has 0 amide bonds. The van der Waals surface area contributed by atoms with Crippen LogP contribution >= 0.6 is 0 Å². The zero-order valence-electron chi connectivity index (χ0n) is 12.1. The minimum absolute atomic E-state index is 0.00285. The first-order valence-corrected chi connectivity index (χ1v) is 6.66. The van der Waals surface area contributed by atoms with Gasteiger partial charge in [0.2, 0.25) is 0 Å². The second kappa shape index (κ2) is 5.43. The number of para-hydroxylation sites is 1. The predicted octanol–water partition coefficient (Wildman–Crippen LogP) is 2.77. The van der Waals surface area contributed by atoms with E-state index in [2.05, 4.69) is 48.3 Å². The lowest BCUT2D eigenvalue weighted by Gasteiger charge is -2.12. The number of benzene rings is 1. The van der Waals surface area contributed by atoms with Crippen molar-refractivity contribution in [2.24, 2.45) is 7.05 Å². The highest BCUT2D eigenvalue weighted by atomic mass is 15.3. The van der Waals surface area contributed by atoms with Crippen LogP contribution in [0.25, 0.3) is 0 Å². The van der Waals surface area contributed by atoms with E-state index in [1.54, 1.807) is 0 Å². The molecule has 4 nitrogen and oxygen atoms in total. The molecule has 0 aliphatic carbocycles. The quantitative estimate of drug-likeness (QED) is 0.917. The van der Waals surface area contributed by atoms with Crippen molar-refractivity contribution >= 4 is 5.69 Å². The Balaban J connectivity index is 1.95. The van der Waals surface area contributed by atoms with Crippen molar-refractivity contribution in [1.82, 2.24) is 14.8 Å². The van der Waals surface area contributed by atoms with Gasteiger partial charge in [-0.1, -0.05) is 39.0 Å². The van der Waals surface area contributed by atoms with E-state index in [1.165, 1.54) is 0 Å². The predicted molar refractivity (Wildman–Crippen MR) is 78.3 cm³/mol. The van der Waals surface area contributed by atoms with Gasteiger partial charge >= 0.3 is 0 Å². The zero-order chi connectivity index (χ0) is 13.9. The van der Waals surface area contributed by atoms with E-state index in [9.17, 15) is 0 Å². The third-order valence-corrected chi connectivity index (χ3v) is 2.98. The maximum Gasteiger partial charge on any atom is 0.156 e. The Morgan fingerprint density at radius 1 is 1.16 bits per heavy atom. The maximum atomic E-state index is 4.62. The Morgan fingerprint density at radius 3 is 2.42 bits per heavy atom. The smallest absolute Gasteiger partial charge is 0.156 e. The third-order valence-electron chi connectivity index (χ3n) is 2.98. The van der Waals surface area contributed by atoms with Crippen LogP contribution in [0.15, 0.2) is 30.3 Å². The molecule has 1 aromatic heterocycles. The lowest BCUT2D eigenvalue weighted by atomic mass is 9.96. The first kappa shape index (κ1) is 13.6. The van der Waals surface area contributed by atoms with Gasteiger partial charge in [-0.05, 0) is 12.1 Å². The summed E-state index contributed by atoms with van der Waals surface area (Å²) in [6.45, 7) is 7.26. The van der Waals surface area contributed by atoms with E-state index in [0.717, 1.165) is 30.3 Å². The van der Waals surface area contributed by atoms with E-state index in [-0.39, 0.29) is 5.41 Å². The number of rotatable bonds is 4. The van der Waals surface area contributed by atoms with E-state index < -0.39 is 0 Å². The summed E-state index contributed by atoms with van der Waals surface area (Å²) in [5, 5.41) is 7.87. The van der Waals surface area contributed by atoms with Crippen LogP contribution < -0.4 is 5.32 Å². The lowest BCUT2D eigenvalue weighted by Crippen LogP contribution is -2.13. The largest absolute Gasteiger partial charge is 0.385 e. The molecule has 19 heavy (non-hydrogen) atoms. The van der Waals surface area contributed by atoms with Gasteiger partial charge in [0.05, 0.1) is 0 Å². The monoisotopic (exact) mass is 258 g/mol. The molecule has 0 aliphatic rings. The van der Waals surface area contributed by atoms with Crippen molar-refractivity contribution in [3.8, 4) is 0 Å². The fraction of sp³-hybridized carbons (Fsp3) is 0.467. The first-order valence-electron chi connectivity index (χ1n) is 6.66. The van der Waals surface area contributed by atoms with Gasteiger partial charge in [0.1, 0.15) is 5.82 Å². The number of hydrogen-bond acceptors (Lipinski definition) is 3. The Hall–Kier alpha value is -1.84. The molecule has 0 saturated heterocycles. The summed E-state index contributed by atoms with van der Waals surface area (Å²) in [4.78, 5) is 4.62. The number of anilines is 1. The second-order valence-corrected chi connectivity index (χ2v) is 5.77. The summed E-state index contributed by atoms with van der Waals surface area (Å²) in [6, 6.07) is 10.2. The van der Waals surface area contributed by atoms with Gasteiger partial charge in [0.15, 0.2) is 5.82 Å². The summed E-state index contributed by atoms with van der Waals surface area (Å²) >= 11 is 0. The number of aryl methyl sites for hydroxylation is 1. The van der Waals surface area contributed by atoms with Gasteiger partial charge < -0.3 is 5.32 Å². The molecule has 0 bridgehead atoms. The topological polar surface area (TPSA) is 42.7 Å². The van der Waals surface area contributed by atoms with Gasteiger partial charge in [-0.2, -0.15) is 5.10 Å². The summed E-state index contributed by atoms with van der Waals surface area (Å²) in [6.07, 6.45) is 0.870. The van der Waals surface area contributed by atoms with Crippen molar-refractivity contribution in [3.05, 3.63) is 42.0 Å². The summed E-state index contributed by atoms with van der Waals surface area (Å²) in [5.41, 5.74) is 1.14. The van der Waals surface area contributed by atoms with Crippen LogP contribution in [0.4, 0.5) is 5.69 Å². The Morgan fingerprint density at radius 2 is 1.84 bits per heavy atom. The maximum absolute atomic E-state index is 4.62. The zero-order valence-corrected chi connectivity index (χ0v) is 12.1. The average Bonchev–Trinajstić information content (AvgIpc) is 2.72. The van der Waals surface area contributed by atoms with Crippen molar-refractivity contribution < 1.29 is 0 Å². The molecule has 1 heterocycles. The molecule has 4 heteroatoms. The second-order valence-electron chi connectivity index (χ2n) is 5.77. The molecule has 0 aliphatic heterocycles. The van der Waals surface area contributed by atoms with Crippen LogP contribution in [0.1, 0.15) is 32.4 Å². The Bertz CT molecular complexity index is 523. The SMILES string of the molecule is Cn1nc(C(C)(C)C)nc1CCNc1ccccc1. The summed E-state index contributed by atoms with van der Waals surface area (Å²) in [7, 11) is 1.96. The highest BCUT2D eigenvalue weighted by Crippen LogP contribution is 2.18. The number of nitrogens with zero attached hydrogens (tertiary/aromatic N) is 3. The van der Waals surface area contributed by atoms with Crippen LogP contribution in [0.5, 0.6) is 0 Å². The van der Waals surface area contributed by atoms with Crippen LogP contribution in [-0.4, -0.2) is 21.3 Å². The minimum Gasteiger partial charge on any atom is -0.385 e. The average molecular weight is 258 g/mol. The molecule has 2 rings (SSSR count). The fourth-order valence-corrected chi connectivity index (χ4v) is 1.83. The molecular formula is C15H22N4. The van der Waals surface area contributed by atoms with Crippen molar-refractivity contribution in [1.29, 1.82) is 0 Å². The molecule has 0 atom stereocenters. The molecule has 1 aromatic carbocycles. The van der Waals surface area contributed by atoms with E-state index in [1.807, 2.05) is 29.9 Å². The number of aromatic nitrogens is 3. The molecule has 2 aromatic rings. The Kier molecular flexibility index (Phi) is 3.88. The molecule has 0 radical (unpaired) electrons. The van der Waals surface area contributed by atoms with Crippen molar-refractivity contribution in [2.75, 3.05) is 11.9 Å². The highest BCUT2D eigenvalue weighted by molar-refractivity contribution is 5.42. The fourth-order valence-electron chi connectivity index (χ4n) is 1.83. The van der Waals surface area contributed by atoms with Crippen molar-refractivity contribution in [2.45, 2.75) is 32.6 Å². The lowest BCUT2D eigenvalue weighted by molar-refractivity contribution is 0.538. The Labute approximate surface area is 114 Å². The molecular weight excluding hydrogens is 236 g/mol. The van der Waals surface area contributed by atoms with Crippen LogP contribution in [-0.2, 0) is 18.9 Å². The van der Waals surface area contributed by atoms with Crippen LogP contribution in [0, 0.1) is 0 Å². The van der Waals surface area contributed by atoms with E-state index >= 15 is 0 Å². The third kappa shape index (κ3) is 3.56. The minimum atomic E-state index is 0.00285. The van der Waals surface area contributed by atoms with Gasteiger partial charge in [0, 0.05) is 31.1 Å². The van der Waals surface area contributed by atoms with E-state index in [4.69, 9.17) is 0 Å². The molecule has 0 spiro atoms. The summed E-state index contributed by atoms with van der Waals surface area (Å²) in [5.74, 6) is 1.93. The number of nitrogens with one attached hydrogen (secondary N) is 1. The normalized spacial score (nSPS) is 11.6. The summed E-state index contributed by atoms with van der Waals surface area (Å²) < 4.78 is 1.88. The molecule has 0 saturated carbocycles. The first-order chi connectivity index (χ1) is 8.97. The van der Waals surface area contributed by atoms with Crippen LogP contribution in [0.3, 0.4) is 0 Å². The van der Waals surface area contributed by atoms with Gasteiger partial charge in [-0.15, -0.1) is 0 Å². The van der Waals surface area contributed by atoms with E-state index in [0.29, 0.717) is 0 Å². The highest BCUT2D eigenvalue weighted by Gasteiger charge is 2.20. The van der Waals surface area contributed by atoms with Crippen molar-refractivity contribution in [3.63, 3.8) is 0 Å². The molecule has 1 N–H and O–H groups in total.